The van der Waals surface area contributed by atoms with Crippen molar-refractivity contribution < 1.29 is 18.1 Å². The van der Waals surface area contributed by atoms with Crippen molar-refractivity contribution in [1.29, 1.82) is 0 Å². The quantitative estimate of drug-likeness (QED) is 0.729. The number of carbonyl (C=O) groups excluding carboxylic acids is 1. The van der Waals surface area contributed by atoms with Gasteiger partial charge in [0, 0.05) is 38.8 Å². The average Bonchev–Trinajstić information content (AvgIpc) is 2.48. The summed E-state index contributed by atoms with van der Waals surface area (Å²) in [6.07, 6.45) is 5.21. The summed E-state index contributed by atoms with van der Waals surface area (Å²) in [5.74, 6) is 1.02. The molecule has 0 aromatic heterocycles. The van der Waals surface area contributed by atoms with Gasteiger partial charge in [-0.2, -0.15) is 0 Å². The fourth-order valence-corrected chi connectivity index (χ4v) is 5.00. The molecule has 0 aliphatic heterocycles. The minimum atomic E-state index is -2.45. The molecule has 0 bridgehead atoms. The topological polar surface area (TPSA) is 56.8 Å². The van der Waals surface area contributed by atoms with Gasteiger partial charge in [-0.25, -0.2) is 0 Å². The minimum Gasteiger partial charge on any atom is -0.377 e. The second-order valence-corrected chi connectivity index (χ2v) is 10.4. The van der Waals surface area contributed by atoms with E-state index in [1.165, 1.54) is 0 Å². The first-order chi connectivity index (χ1) is 10.2. The molecule has 1 rings (SSSR count). The Kier molecular flexibility index (Phi) is 7.51. The lowest BCUT2D eigenvalue weighted by Crippen LogP contribution is -2.45. The molecule has 1 fully saturated rings. The van der Waals surface area contributed by atoms with Crippen molar-refractivity contribution in [2.45, 2.75) is 64.5 Å². The van der Waals surface area contributed by atoms with Crippen molar-refractivity contribution in [3.63, 3.8) is 0 Å². The fourth-order valence-electron chi connectivity index (χ4n) is 3.12. The molecule has 1 aliphatic rings. The molecule has 0 unspecified atom stereocenters. The van der Waals surface area contributed by atoms with Crippen LogP contribution in [0.15, 0.2) is 0 Å². The Morgan fingerprint density at radius 2 is 1.55 bits per heavy atom. The van der Waals surface area contributed by atoms with Crippen LogP contribution in [0.3, 0.4) is 0 Å². The molecule has 1 saturated carbocycles. The highest BCUT2D eigenvalue weighted by atomic mass is 28.4. The molecule has 130 valence electrons. The molecule has 5 nitrogen and oxygen atoms in total. The van der Waals surface area contributed by atoms with Crippen LogP contribution < -0.4 is 5.32 Å². The predicted molar refractivity (Wildman–Crippen MR) is 89.5 cm³/mol. The van der Waals surface area contributed by atoms with E-state index >= 15 is 0 Å². The van der Waals surface area contributed by atoms with Gasteiger partial charge in [0.1, 0.15) is 0 Å². The zero-order chi connectivity index (χ0) is 16.8. The maximum Gasteiger partial charge on any atom is 0.500 e. The van der Waals surface area contributed by atoms with Crippen LogP contribution in [0, 0.1) is 11.8 Å². The molecule has 0 aromatic carbocycles. The highest BCUT2D eigenvalue weighted by Crippen LogP contribution is 2.33. The first kappa shape index (κ1) is 19.6. The van der Waals surface area contributed by atoms with E-state index in [9.17, 15) is 4.79 Å². The van der Waals surface area contributed by atoms with Crippen LogP contribution in [-0.4, -0.2) is 41.6 Å². The first-order valence-corrected chi connectivity index (χ1v) is 10.2. The van der Waals surface area contributed by atoms with Gasteiger partial charge in [0.15, 0.2) is 0 Å². The van der Waals surface area contributed by atoms with Gasteiger partial charge < -0.3 is 18.6 Å². The number of nitrogens with one attached hydrogen (secondary N) is 1. The van der Waals surface area contributed by atoms with Crippen LogP contribution in [0.4, 0.5) is 0 Å². The summed E-state index contributed by atoms with van der Waals surface area (Å²) < 4.78 is 16.4. The summed E-state index contributed by atoms with van der Waals surface area (Å²) in [6.45, 7) is 6.09. The van der Waals surface area contributed by atoms with Crippen molar-refractivity contribution in [2.24, 2.45) is 11.8 Å². The molecule has 22 heavy (non-hydrogen) atoms. The molecular weight excluding hydrogens is 298 g/mol. The molecule has 0 aromatic rings. The summed E-state index contributed by atoms with van der Waals surface area (Å²) >= 11 is 0. The normalized spacial score (nSPS) is 23.4. The van der Waals surface area contributed by atoms with Crippen LogP contribution >= 0.6 is 0 Å². The van der Waals surface area contributed by atoms with E-state index < -0.39 is 8.80 Å². The highest BCUT2D eigenvalue weighted by molar-refractivity contribution is 6.60. The van der Waals surface area contributed by atoms with Gasteiger partial charge in [-0.1, -0.05) is 0 Å². The van der Waals surface area contributed by atoms with E-state index in [-0.39, 0.29) is 17.4 Å². The smallest absolute Gasteiger partial charge is 0.377 e. The van der Waals surface area contributed by atoms with Crippen molar-refractivity contribution in [3.05, 3.63) is 0 Å². The Hall–Kier alpha value is -0.433. The molecular formula is C16H33NO4Si. The number of hydrogen-bond donors (Lipinski definition) is 1. The molecule has 6 heteroatoms. The van der Waals surface area contributed by atoms with Crippen LogP contribution in [0.5, 0.6) is 0 Å². The third-order valence-electron chi connectivity index (χ3n) is 4.51. The Morgan fingerprint density at radius 3 is 1.95 bits per heavy atom. The summed E-state index contributed by atoms with van der Waals surface area (Å²) in [6, 6.07) is 0.847. The zero-order valence-electron chi connectivity index (χ0n) is 15.0. The van der Waals surface area contributed by atoms with E-state index in [0.29, 0.717) is 5.92 Å². The van der Waals surface area contributed by atoms with E-state index in [4.69, 9.17) is 13.3 Å². The molecule has 0 spiro atoms. The molecule has 0 saturated heterocycles. The number of hydrogen-bond acceptors (Lipinski definition) is 4. The molecule has 0 atom stereocenters. The van der Waals surface area contributed by atoms with E-state index in [1.807, 2.05) is 20.8 Å². The van der Waals surface area contributed by atoms with Gasteiger partial charge in [-0.05, 0) is 58.8 Å². The first-order valence-electron chi connectivity index (χ1n) is 8.22. The van der Waals surface area contributed by atoms with E-state index in [2.05, 4.69) is 5.32 Å². The zero-order valence-corrected chi connectivity index (χ0v) is 16.0. The van der Waals surface area contributed by atoms with Gasteiger partial charge >= 0.3 is 8.80 Å². The Bertz CT molecular complexity index is 336. The van der Waals surface area contributed by atoms with Crippen molar-refractivity contribution in [1.82, 2.24) is 5.32 Å². The predicted octanol–water partition coefficient (Wildman–Crippen LogP) is 2.98. The number of rotatable bonds is 7. The summed E-state index contributed by atoms with van der Waals surface area (Å²) in [5.41, 5.74) is -0.144. The molecule has 0 heterocycles. The van der Waals surface area contributed by atoms with Crippen LogP contribution in [0.25, 0.3) is 0 Å². The Labute approximate surface area is 136 Å². The van der Waals surface area contributed by atoms with E-state index in [0.717, 1.165) is 38.1 Å². The van der Waals surface area contributed by atoms with Gasteiger partial charge in [0.2, 0.25) is 5.91 Å². The second kappa shape index (κ2) is 8.43. The summed E-state index contributed by atoms with van der Waals surface area (Å²) in [5, 5.41) is 3.10. The van der Waals surface area contributed by atoms with Gasteiger partial charge in [-0.3, -0.25) is 4.79 Å². The van der Waals surface area contributed by atoms with E-state index in [1.54, 1.807) is 21.3 Å². The van der Waals surface area contributed by atoms with Crippen molar-refractivity contribution in [2.75, 3.05) is 21.3 Å². The second-order valence-electron chi connectivity index (χ2n) is 7.29. The van der Waals surface area contributed by atoms with Gasteiger partial charge in [0.05, 0.1) is 0 Å². The molecule has 1 amide bonds. The maximum atomic E-state index is 12.2. The lowest BCUT2D eigenvalue weighted by Gasteiger charge is -2.32. The monoisotopic (exact) mass is 331 g/mol. The lowest BCUT2D eigenvalue weighted by molar-refractivity contribution is -0.127. The summed E-state index contributed by atoms with van der Waals surface area (Å²) in [7, 11) is 2.53. The maximum absolute atomic E-state index is 12.2. The number of amides is 1. The Balaban J connectivity index is 2.38. The van der Waals surface area contributed by atoms with Crippen LogP contribution in [0.1, 0.15) is 52.9 Å². The third kappa shape index (κ3) is 5.99. The van der Waals surface area contributed by atoms with Gasteiger partial charge in [0.25, 0.3) is 0 Å². The van der Waals surface area contributed by atoms with Crippen molar-refractivity contribution >= 4 is 14.7 Å². The van der Waals surface area contributed by atoms with Crippen molar-refractivity contribution in [3.8, 4) is 0 Å². The fraction of sp³-hybridized carbons (Fsp3) is 0.938. The average molecular weight is 332 g/mol. The molecule has 1 aliphatic carbocycles. The third-order valence-corrected chi connectivity index (χ3v) is 7.27. The lowest BCUT2D eigenvalue weighted by atomic mass is 9.80. The standard InChI is InChI=1S/C16H33NO4Si/c1-16(2,3)17-15(18)14-9-7-13(8-10-14)11-12-22(19-4,20-5)21-6/h13-14H,7-12H2,1-6H3,(H,17,18). The molecule has 1 N–H and O–H groups in total. The largest absolute Gasteiger partial charge is 0.500 e. The minimum absolute atomic E-state index is 0.144. The summed E-state index contributed by atoms with van der Waals surface area (Å²) in [4.78, 5) is 12.2. The molecule has 0 radical (unpaired) electrons. The van der Waals surface area contributed by atoms with Gasteiger partial charge in [-0.15, -0.1) is 0 Å². The Morgan fingerprint density at radius 1 is 1.05 bits per heavy atom. The number of carbonyl (C=O) groups is 1. The SMILES string of the molecule is CO[Si](CCC1CCC(C(=O)NC(C)(C)C)CC1)(OC)OC. The van der Waals surface area contributed by atoms with Crippen LogP contribution in [-0.2, 0) is 18.1 Å². The van der Waals surface area contributed by atoms with Crippen LogP contribution in [0.2, 0.25) is 6.04 Å². The highest BCUT2D eigenvalue weighted by Gasteiger charge is 2.38.